The number of ether oxygens (including phenoxy) is 2. The van der Waals surface area contributed by atoms with E-state index < -0.39 is 12.1 Å². The molecule has 2 atom stereocenters. The fourth-order valence-corrected chi connectivity index (χ4v) is 6.85. The van der Waals surface area contributed by atoms with Gasteiger partial charge in [-0.2, -0.15) is 0 Å². The van der Waals surface area contributed by atoms with Crippen molar-refractivity contribution in [1.82, 2.24) is 14.5 Å². The number of halogens is 3. The van der Waals surface area contributed by atoms with Crippen molar-refractivity contribution >= 4 is 46.0 Å². The van der Waals surface area contributed by atoms with Crippen LogP contribution in [-0.4, -0.2) is 51.3 Å². The first kappa shape index (κ1) is 28.3. The summed E-state index contributed by atoms with van der Waals surface area (Å²) in [5.74, 6) is 0.411. The second kappa shape index (κ2) is 11.6. The van der Waals surface area contributed by atoms with Crippen molar-refractivity contribution in [3.05, 3.63) is 98.8 Å². The van der Waals surface area contributed by atoms with Crippen LogP contribution in [0.15, 0.2) is 60.7 Å². The average molecular weight is 623 g/mol. The van der Waals surface area contributed by atoms with Gasteiger partial charge in [0.05, 0.1) is 41.4 Å². The molecule has 43 heavy (non-hydrogen) atoms. The minimum atomic E-state index is -0.955. The number of fused-ring (bicyclic) bond motifs is 2. The molecule has 3 aliphatic heterocycles. The summed E-state index contributed by atoms with van der Waals surface area (Å²) in [6.45, 7) is 3.72. The Labute approximate surface area is 258 Å². The van der Waals surface area contributed by atoms with Gasteiger partial charge in [0.25, 0.3) is 0 Å². The lowest BCUT2D eigenvalue weighted by Gasteiger charge is -2.34. The van der Waals surface area contributed by atoms with Crippen LogP contribution in [0, 0.1) is 0 Å². The molecule has 4 aromatic rings. The normalized spacial score (nSPS) is 20.8. The third kappa shape index (κ3) is 5.53. The Kier molecular flexibility index (Phi) is 7.63. The van der Waals surface area contributed by atoms with Crippen molar-refractivity contribution in [3.8, 4) is 5.75 Å². The van der Waals surface area contributed by atoms with Gasteiger partial charge in [0.1, 0.15) is 23.5 Å². The summed E-state index contributed by atoms with van der Waals surface area (Å²) in [6, 6.07) is 15.9. The highest BCUT2D eigenvalue weighted by Gasteiger charge is 2.31. The molecular weight excluding hydrogens is 592 g/mol. The predicted octanol–water partition coefficient (Wildman–Crippen LogP) is 7.65. The van der Waals surface area contributed by atoms with Crippen LogP contribution in [0.1, 0.15) is 64.2 Å². The lowest BCUT2D eigenvalue weighted by atomic mass is 9.86. The van der Waals surface area contributed by atoms with Crippen LogP contribution >= 0.6 is 23.2 Å². The summed E-state index contributed by atoms with van der Waals surface area (Å²) in [5.41, 5.74) is 3.99. The topological polar surface area (TPSA) is 76.8 Å². The van der Waals surface area contributed by atoms with Crippen LogP contribution in [-0.2, 0) is 17.8 Å². The zero-order valence-corrected chi connectivity index (χ0v) is 24.8. The van der Waals surface area contributed by atoms with Gasteiger partial charge in [-0.05, 0) is 86.3 Å². The summed E-state index contributed by atoms with van der Waals surface area (Å²) in [6.07, 6.45) is 3.67. The molecule has 3 aromatic carbocycles. The van der Waals surface area contributed by atoms with Gasteiger partial charge in [0.2, 0.25) is 0 Å². The Morgan fingerprint density at radius 2 is 1.86 bits per heavy atom. The standard InChI is InChI=1S/C33H30Cl2FN3O4/c34-21-5-6-24(26(35)15-21)30-16-27(36)25-3-1-2-23(32(25)43-30)19-8-11-38(12-9-19)18-31-37-28-7-4-20(33(40)41)14-29(28)39(31)17-22-10-13-42-22/h1-7,14-16,19,22,30H,8-13,17-18H2,(H,40,41)/t22-,30-/m0/s1. The number of hydrogen-bond acceptors (Lipinski definition) is 5. The Morgan fingerprint density at radius 1 is 1.05 bits per heavy atom. The third-order valence-corrected chi connectivity index (χ3v) is 9.32. The lowest BCUT2D eigenvalue weighted by Crippen LogP contribution is -2.35. The molecule has 4 heterocycles. The number of aromatic nitrogens is 2. The number of imidazole rings is 1. The molecule has 2 saturated heterocycles. The van der Waals surface area contributed by atoms with Gasteiger partial charge in [-0.1, -0.05) is 41.4 Å². The van der Waals surface area contributed by atoms with Crippen LogP contribution in [0.25, 0.3) is 16.9 Å². The van der Waals surface area contributed by atoms with E-state index in [1.807, 2.05) is 12.1 Å². The Morgan fingerprint density at radius 3 is 2.58 bits per heavy atom. The molecule has 7 nitrogen and oxygen atoms in total. The van der Waals surface area contributed by atoms with E-state index >= 15 is 4.39 Å². The summed E-state index contributed by atoms with van der Waals surface area (Å²) >= 11 is 12.5. The van der Waals surface area contributed by atoms with Gasteiger partial charge in [-0.15, -0.1) is 0 Å². The van der Waals surface area contributed by atoms with Crippen molar-refractivity contribution in [1.29, 1.82) is 0 Å². The highest BCUT2D eigenvalue weighted by atomic mass is 35.5. The average Bonchev–Trinajstić information content (AvgIpc) is 3.31. The number of para-hydroxylation sites is 1. The first-order chi connectivity index (χ1) is 20.8. The molecule has 3 aliphatic rings. The maximum Gasteiger partial charge on any atom is 0.335 e. The lowest BCUT2D eigenvalue weighted by molar-refractivity contribution is -0.0592. The smallest absolute Gasteiger partial charge is 0.335 e. The monoisotopic (exact) mass is 621 g/mol. The summed E-state index contributed by atoms with van der Waals surface area (Å²) in [5, 5.41) is 10.5. The van der Waals surface area contributed by atoms with Crippen molar-refractivity contribution in [2.24, 2.45) is 0 Å². The van der Waals surface area contributed by atoms with Gasteiger partial charge in [0, 0.05) is 22.2 Å². The molecule has 2 fully saturated rings. The first-order valence-corrected chi connectivity index (χ1v) is 15.3. The van der Waals surface area contributed by atoms with Gasteiger partial charge < -0.3 is 19.1 Å². The molecular formula is C33H30Cl2FN3O4. The summed E-state index contributed by atoms with van der Waals surface area (Å²) in [7, 11) is 0. The Bertz CT molecular complexity index is 1740. The minimum absolute atomic E-state index is 0.112. The number of benzene rings is 3. The highest BCUT2D eigenvalue weighted by molar-refractivity contribution is 6.35. The van der Waals surface area contributed by atoms with E-state index in [1.165, 1.54) is 6.08 Å². The molecule has 0 radical (unpaired) electrons. The largest absolute Gasteiger partial charge is 0.480 e. The molecule has 0 aliphatic carbocycles. The summed E-state index contributed by atoms with van der Waals surface area (Å²) in [4.78, 5) is 18.9. The van der Waals surface area contributed by atoms with E-state index in [-0.39, 0.29) is 23.4 Å². The van der Waals surface area contributed by atoms with Gasteiger partial charge in [-0.25, -0.2) is 14.2 Å². The molecule has 0 amide bonds. The maximum atomic E-state index is 15.3. The molecule has 0 spiro atoms. The van der Waals surface area contributed by atoms with Gasteiger partial charge in [0.15, 0.2) is 0 Å². The van der Waals surface area contributed by atoms with E-state index in [1.54, 1.807) is 42.5 Å². The van der Waals surface area contributed by atoms with Crippen molar-refractivity contribution in [2.75, 3.05) is 19.7 Å². The number of carboxylic acid groups (broad SMARTS) is 1. The number of likely N-dealkylation sites (tertiary alicyclic amines) is 1. The van der Waals surface area contributed by atoms with Gasteiger partial charge >= 0.3 is 5.97 Å². The van der Waals surface area contributed by atoms with E-state index in [0.717, 1.165) is 61.4 Å². The van der Waals surface area contributed by atoms with E-state index in [9.17, 15) is 9.90 Å². The number of carbonyl (C=O) groups is 1. The number of aromatic carboxylic acids is 1. The van der Waals surface area contributed by atoms with E-state index in [0.29, 0.717) is 40.0 Å². The Balaban J connectivity index is 1.10. The van der Waals surface area contributed by atoms with E-state index in [2.05, 4.69) is 9.47 Å². The van der Waals surface area contributed by atoms with Crippen molar-refractivity contribution in [2.45, 2.75) is 50.5 Å². The molecule has 10 heteroatoms. The second-order valence-electron chi connectivity index (χ2n) is 11.4. The molecule has 7 rings (SSSR count). The first-order valence-electron chi connectivity index (χ1n) is 14.5. The molecule has 0 saturated carbocycles. The van der Waals surface area contributed by atoms with Crippen LogP contribution in [0.4, 0.5) is 4.39 Å². The number of hydrogen-bond donors (Lipinski definition) is 1. The molecule has 1 aromatic heterocycles. The number of piperidine rings is 1. The number of rotatable bonds is 7. The molecule has 0 bridgehead atoms. The quantitative estimate of drug-likeness (QED) is 0.228. The van der Waals surface area contributed by atoms with Crippen LogP contribution < -0.4 is 4.74 Å². The molecule has 0 unspecified atom stereocenters. The fraction of sp³-hybridized carbons (Fsp3) is 0.333. The fourth-order valence-electron chi connectivity index (χ4n) is 6.33. The number of nitrogens with zero attached hydrogens (tertiary/aromatic N) is 3. The van der Waals surface area contributed by atoms with Crippen molar-refractivity contribution in [3.63, 3.8) is 0 Å². The number of carboxylic acids is 1. The van der Waals surface area contributed by atoms with E-state index in [4.69, 9.17) is 37.7 Å². The molecule has 1 N–H and O–H groups in total. The van der Waals surface area contributed by atoms with Crippen LogP contribution in [0.3, 0.4) is 0 Å². The second-order valence-corrected chi connectivity index (χ2v) is 12.3. The minimum Gasteiger partial charge on any atom is -0.480 e. The SMILES string of the molecule is O=C(O)c1ccc2nc(CN3CCC(c4cccc5c4O[C@H](c4ccc(Cl)cc4Cl)C=C5F)CC3)n(C[C@@H]3CCO3)c2c1. The molecule has 222 valence electrons. The third-order valence-electron chi connectivity index (χ3n) is 8.76. The van der Waals surface area contributed by atoms with Crippen LogP contribution in [0.5, 0.6) is 5.75 Å². The van der Waals surface area contributed by atoms with Crippen molar-refractivity contribution < 1.29 is 23.8 Å². The predicted molar refractivity (Wildman–Crippen MR) is 164 cm³/mol. The zero-order chi connectivity index (χ0) is 29.7. The Hall–Kier alpha value is -3.43. The highest BCUT2D eigenvalue weighted by Crippen LogP contribution is 2.45. The maximum absolute atomic E-state index is 15.3. The van der Waals surface area contributed by atoms with Crippen LogP contribution in [0.2, 0.25) is 10.0 Å². The zero-order valence-electron chi connectivity index (χ0n) is 23.3. The summed E-state index contributed by atoms with van der Waals surface area (Å²) < 4.78 is 29.6. The van der Waals surface area contributed by atoms with Gasteiger partial charge in [-0.3, -0.25) is 4.90 Å².